The van der Waals surface area contributed by atoms with Crippen LogP contribution in [-0.4, -0.2) is 37.5 Å². The van der Waals surface area contributed by atoms with Gasteiger partial charge >= 0.3 is 0 Å². The molecule has 1 fully saturated rings. The van der Waals surface area contributed by atoms with Crippen LogP contribution < -0.4 is 10.6 Å². The molecular formula is C13H19BrN2O2. The van der Waals surface area contributed by atoms with Gasteiger partial charge in [0.15, 0.2) is 0 Å². The third-order valence-electron chi connectivity index (χ3n) is 3.25. The van der Waals surface area contributed by atoms with Crippen LogP contribution >= 0.6 is 15.9 Å². The van der Waals surface area contributed by atoms with Gasteiger partial charge in [0.2, 0.25) is 0 Å². The number of aliphatic hydroxyl groups is 1. The Hall–Kier alpha value is -0.620. The monoisotopic (exact) mass is 314 g/mol. The molecule has 5 heteroatoms. The molecule has 100 valence electrons. The lowest BCUT2D eigenvalue weighted by Gasteiger charge is -2.37. The molecule has 0 aromatic heterocycles. The van der Waals surface area contributed by atoms with Gasteiger partial charge in [-0.15, -0.1) is 0 Å². The number of rotatable bonds is 3. The van der Waals surface area contributed by atoms with E-state index in [1.54, 1.807) is 0 Å². The number of ether oxygens (including phenoxy) is 1. The molecule has 1 aromatic rings. The fourth-order valence-corrected chi connectivity index (χ4v) is 2.79. The molecule has 4 nitrogen and oxygen atoms in total. The van der Waals surface area contributed by atoms with Crippen molar-refractivity contribution in [2.75, 3.05) is 31.3 Å². The van der Waals surface area contributed by atoms with Gasteiger partial charge in [-0.3, -0.25) is 0 Å². The van der Waals surface area contributed by atoms with Gasteiger partial charge in [-0.2, -0.15) is 0 Å². The molecule has 1 aliphatic rings. The molecule has 0 amide bonds. The maximum absolute atomic E-state index is 9.40. The summed E-state index contributed by atoms with van der Waals surface area (Å²) in [6.07, 6.45) is 0. The van der Waals surface area contributed by atoms with E-state index in [1.807, 2.05) is 19.1 Å². The summed E-state index contributed by atoms with van der Waals surface area (Å²) in [6, 6.07) is 6.18. The molecule has 0 aliphatic carbocycles. The Morgan fingerprint density at radius 3 is 3.00 bits per heavy atom. The van der Waals surface area contributed by atoms with Crippen molar-refractivity contribution < 1.29 is 9.84 Å². The maximum atomic E-state index is 9.40. The highest BCUT2D eigenvalue weighted by molar-refractivity contribution is 9.10. The number of aliphatic hydroxyl groups excluding tert-OH is 1. The maximum Gasteiger partial charge on any atom is 0.0755 e. The van der Waals surface area contributed by atoms with Crippen LogP contribution in [-0.2, 0) is 4.74 Å². The van der Waals surface area contributed by atoms with E-state index in [-0.39, 0.29) is 18.7 Å². The highest BCUT2D eigenvalue weighted by Crippen LogP contribution is 2.31. The van der Waals surface area contributed by atoms with E-state index in [2.05, 4.69) is 26.9 Å². The summed E-state index contributed by atoms with van der Waals surface area (Å²) in [7, 11) is 0. The Labute approximate surface area is 116 Å². The van der Waals surface area contributed by atoms with Crippen LogP contribution in [0.25, 0.3) is 0 Å². The predicted octanol–water partition coefficient (Wildman–Crippen LogP) is 1.67. The number of morpholine rings is 1. The SMILES string of the molecule is C[C@@H](N)c1ccc(N2CCOCC2CO)c(Br)c1. The average molecular weight is 315 g/mol. The highest BCUT2D eigenvalue weighted by atomic mass is 79.9. The number of hydrogen-bond acceptors (Lipinski definition) is 4. The summed E-state index contributed by atoms with van der Waals surface area (Å²) < 4.78 is 6.40. The van der Waals surface area contributed by atoms with Crippen LogP contribution in [0.5, 0.6) is 0 Å². The number of anilines is 1. The van der Waals surface area contributed by atoms with Crippen molar-refractivity contribution in [1.82, 2.24) is 0 Å². The van der Waals surface area contributed by atoms with Crippen LogP contribution in [0.2, 0.25) is 0 Å². The lowest BCUT2D eigenvalue weighted by molar-refractivity contribution is 0.0726. The van der Waals surface area contributed by atoms with E-state index in [9.17, 15) is 5.11 Å². The topological polar surface area (TPSA) is 58.7 Å². The van der Waals surface area contributed by atoms with Gasteiger partial charge in [-0.05, 0) is 40.5 Å². The minimum atomic E-state index is 0.0219. The third kappa shape index (κ3) is 2.85. The Morgan fingerprint density at radius 1 is 1.61 bits per heavy atom. The molecule has 0 radical (unpaired) electrons. The molecule has 0 spiro atoms. The summed E-state index contributed by atoms with van der Waals surface area (Å²) >= 11 is 3.59. The van der Waals surface area contributed by atoms with Gasteiger partial charge in [0.1, 0.15) is 0 Å². The van der Waals surface area contributed by atoms with Gasteiger partial charge in [-0.25, -0.2) is 0 Å². The Balaban J connectivity index is 2.26. The Kier molecular flexibility index (Phi) is 4.61. The van der Waals surface area contributed by atoms with Crippen molar-refractivity contribution in [2.24, 2.45) is 5.73 Å². The van der Waals surface area contributed by atoms with E-state index in [4.69, 9.17) is 10.5 Å². The molecule has 0 saturated carbocycles. The first-order valence-electron chi connectivity index (χ1n) is 6.13. The molecule has 0 bridgehead atoms. The number of hydrogen-bond donors (Lipinski definition) is 2. The number of benzene rings is 1. The van der Waals surface area contributed by atoms with Crippen molar-refractivity contribution in [3.63, 3.8) is 0 Å². The molecular weight excluding hydrogens is 296 g/mol. The molecule has 1 unspecified atom stereocenters. The average Bonchev–Trinajstić information content (AvgIpc) is 2.38. The molecule has 2 rings (SSSR count). The minimum absolute atomic E-state index is 0.0219. The molecule has 1 aromatic carbocycles. The largest absolute Gasteiger partial charge is 0.394 e. The fourth-order valence-electron chi connectivity index (χ4n) is 2.16. The molecule has 1 heterocycles. The number of halogens is 1. The van der Waals surface area contributed by atoms with Gasteiger partial charge in [0.05, 0.1) is 31.5 Å². The second-order valence-electron chi connectivity index (χ2n) is 4.60. The first kappa shape index (κ1) is 13.8. The summed E-state index contributed by atoms with van der Waals surface area (Å²) in [4.78, 5) is 2.18. The third-order valence-corrected chi connectivity index (χ3v) is 3.88. The van der Waals surface area contributed by atoms with Crippen molar-refractivity contribution in [2.45, 2.75) is 19.0 Å². The van der Waals surface area contributed by atoms with Crippen LogP contribution in [0.4, 0.5) is 5.69 Å². The van der Waals surface area contributed by atoms with Crippen molar-refractivity contribution in [1.29, 1.82) is 0 Å². The van der Waals surface area contributed by atoms with E-state index in [0.29, 0.717) is 13.2 Å². The van der Waals surface area contributed by atoms with E-state index >= 15 is 0 Å². The number of nitrogens with two attached hydrogens (primary N) is 1. The summed E-state index contributed by atoms with van der Waals surface area (Å²) in [6.45, 7) is 4.12. The molecule has 18 heavy (non-hydrogen) atoms. The molecule has 1 saturated heterocycles. The summed E-state index contributed by atoms with van der Waals surface area (Å²) in [5.74, 6) is 0. The highest BCUT2D eigenvalue weighted by Gasteiger charge is 2.24. The summed E-state index contributed by atoms with van der Waals surface area (Å²) in [5, 5.41) is 9.40. The van der Waals surface area contributed by atoms with Gasteiger partial charge < -0.3 is 20.5 Å². The lowest BCUT2D eigenvalue weighted by atomic mass is 10.1. The van der Waals surface area contributed by atoms with Crippen LogP contribution in [0.1, 0.15) is 18.5 Å². The summed E-state index contributed by atoms with van der Waals surface area (Å²) in [5.41, 5.74) is 8.05. The fraction of sp³-hybridized carbons (Fsp3) is 0.538. The van der Waals surface area contributed by atoms with Crippen LogP contribution in [0, 0.1) is 0 Å². The van der Waals surface area contributed by atoms with Gasteiger partial charge in [0, 0.05) is 17.1 Å². The Bertz CT molecular complexity index is 412. The molecule has 2 atom stereocenters. The zero-order valence-electron chi connectivity index (χ0n) is 10.5. The van der Waals surface area contributed by atoms with Crippen molar-refractivity contribution in [3.05, 3.63) is 28.2 Å². The van der Waals surface area contributed by atoms with Crippen LogP contribution in [0.3, 0.4) is 0 Å². The zero-order valence-corrected chi connectivity index (χ0v) is 12.1. The zero-order chi connectivity index (χ0) is 13.1. The normalized spacial score (nSPS) is 22.0. The van der Waals surface area contributed by atoms with Gasteiger partial charge in [-0.1, -0.05) is 6.07 Å². The minimum Gasteiger partial charge on any atom is -0.394 e. The standard InChI is InChI=1S/C13H19BrN2O2/c1-9(15)10-2-3-13(12(14)6-10)16-4-5-18-8-11(16)7-17/h2-3,6,9,11,17H,4-5,7-8,15H2,1H3/t9-,11?/m1/s1. The van der Waals surface area contributed by atoms with Crippen molar-refractivity contribution >= 4 is 21.6 Å². The van der Waals surface area contributed by atoms with E-state index in [1.165, 1.54) is 0 Å². The quantitative estimate of drug-likeness (QED) is 0.891. The van der Waals surface area contributed by atoms with E-state index < -0.39 is 0 Å². The molecule has 1 aliphatic heterocycles. The smallest absolute Gasteiger partial charge is 0.0755 e. The van der Waals surface area contributed by atoms with Crippen molar-refractivity contribution in [3.8, 4) is 0 Å². The number of nitrogens with zero attached hydrogens (tertiary/aromatic N) is 1. The van der Waals surface area contributed by atoms with E-state index in [0.717, 1.165) is 22.3 Å². The Morgan fingerprint density at radius 2 is 2.39 bits per heavy atom. The van der Waals surface area contributed by atoms with Crippen LogP contribution in [0.15, 0.2) is 22.7 Å². The second kappa shape index (κ2) is 6.02. The molecule has 3 N–H and O–H groups in total. The second-order valence-corrected chi connectivity index (χ2v) is 5.46. The lowest BCUT2D eigenvalue weighted by Crippen LogP contribution is -2.47. The predicted molar refractivity (Wildman–Crippen MR) is 75.8 cm³/mol. The van der Waals surface area contributed by atoms with Gasteiger partial charge in [0.25, 0.3) is 0 Å². The first-order valence-corrected chi connectivity index (χ1v) is 6.93. The first-order chi connectivity index (χ1) is 8.63.